The van der Waals surface area contributed by atoms with Gasteiger partial charge in [0.05, 0.1) is 6.20 Å². The first-order valence-corrected chi connectivity index (χ1v) is 7.29. The Morgan fingerprint density at radius 1 is 1.35 bits per heavy atom. The predicted molar refractivity (Wildman–Crippen MR) is 87.9 cm³/mol. The molecule has 23 heavy (non-hydrogen) atoms. The Morgan fingerprint density at radius 3 is 2.91 bits per heavy atom. The van der Waals surface area contributed by atoms with Crippen molar-refractivity contribution in [2.45, 2.75) is 13.5 Å². The van der Waals surface area contributed by atoms with Crippen LogP contribution in [0.1, 0.15) is 11.3 Å². The van der Waals surface area contributed by atoms with Crippen molar-refractivity contribution >= 4 is 11.7 Å². The molecule has 0 aliphatic rings. The van der Waals surface area contributed by atoms with Crippen molar-refractivity contribution in [2.24, 2.45) is 7.05 Å². The lowest BCUT2D eigenvalue weighted by molar-refractivity contribution is 0.251. The van der Waals surface area contributed by atoms with Crippen LogP contribution in [0.25, 0.3) is 11.5 Å². The van der Waals surface area contributed by atoms with Crippen LogP contribution in [0.3, 0.4) is 0 Å². The highest BCUT2D eigenvalue weighted by Gasteiger charge is 2.07. The number of aryl methyl sites for hydroxylation is 2. The molecule has 0 aliphatic heterocycles. The van der Waals surface area contributed by atoms with E-state index in [0.29, 0.717) is 18.1 Å². The zero-order valence-corrected chi connectivity index (χ0v) is 13.0. The lowest BCUT2D eigenvalue weighted by Crippen LogP contribution is -2.28. The molecular formula is C17H18N4O2. The lowest BCUT2D eigenvalue weighted by atomic mass is 10.2. The van der Waals surface area contributed by atoms with Gasteiger partial charge in [-0.2, -0.15) is 0 Å². The average molecular weight is 310 g/mol. The number of anilines is 1. The third-order valence-corrected chi connectivity index (χ3v) is 3.33. The molecule has 0 aliphatic carbocycles. The van der Waals surface area contributed by atoms with E-state index in [1.165, 1.54) is 0 Å². The minimum Gasteiger partial charge on any atom is -0.441 e. The molecule has 6 heteroatoms. The number of rotatable bonds is 4. The van der Waals surface area contributed by atoms with Gasteiger partial charge < -0.3 is 19.6 Å². The fourth-order valence-electron chi connectivity index (χ4n) is 2.24. The summed E-state index contributed by atoms with van der Waals surface area (Å²) in [5.74, 6) is 1.29. The number of aromatic nitrogens is 2. The highest BCUT2D eigenvalue weighted by Crippen LogP contribution is 2.22. The van der Waals surface area contributed by atoms with Crippen molar-refractivity contribution < 1.29 is 9.21 Å². The molecule has 2 heterocycles. The van der Waals surface area contributed by atoms with E-state index in [0.717, 1.165) is 16.9 Å². The van der Waals surface area contributed by atoms with Crippen LogP contribution in [0.15, 0.2) is 53.3 Å². The number of hydrogen-bond donors (Lipinski definition) is 2. The molecule has 0 spiro atoms. The highest BCUT2D eigenvalue weighted by molar-refractivity contribution is 5.89. The first-order valence-electron chi connectivity index (χ1n) is 7.29. The highest BCUT2D eigenvalue weighted by atomic mass is 16.4. The van der Waals surface area contributed by atoms with Gasteiger partial charge in [-0.15, -0.1) is 0 Å². The van der Waals surface area contributed by atoms with E-state index in [1.54, 1.807) is 6.20 Å². The van der Waals surface area contributed by atoms with Gasteiger partial charge in [-0.25, -0.2) is 9.78 Å². The topological polar surface area (TPSA) is 72.1 Å². The number of nitrogens with one attached hydrogen (secondary N) is 2. The normalized spacial score (nSPS) is 10.5. The van der Waals surface area contributed by atoms with Gasteiger partial charge in [-0.3, -0.25) is 0 Å². The van der Waals surface area contributed by atoms with Gasteiger partial charge in [-0.05, 0) is 36.8 Å². The molecule has 1 aromatic carbocycles. The molecule has 3 aromatic rings. The summed E-state index contributed by atoms with van der Waals surface area (Å²) in [5.41, 5.74) is 2.55. The Balaban J connectivity index is 1.62. The standard InChI is InChI=1S/C17H18N4O2/c1-12-9-18-16(23-12)14-4-3-5-15(8-14)20-17(22)19-10-13-6-7-21(2)11-13/h3-9,11H,10H2,1-2H3,(H2,19,20,22). The van der Waals surface area contributed by atoms with Crippen molar-refractivity contribution in [1.82, 2.24) is 14.9 Å². The van der Waals surface area contributed by atoms with E-state index in [9.17, 15) is 4.79 Å². The van der Waals surface area contributed by atoms with E-state index >= 15 is 0 Å². The third-order valence-electron chi connectivity index (χ3n) is 3.33. The average Bonchev–Trinajstić information content (AvgIpc) is 3.14. The maximum Gasteiger partial charge on any atom is 0.319 e. The SMILES string of the molecule is Cc1cnc(-c2cccc(NC(=O)NCc3ccn(C)c3)c2)o1. The van der Waals surface area contributed by atoms with Gasteiger partial charge >= 0.3 is 6.03 Å². The maximum absolute atomic E-state index is 12.0. The van der Waals surface area contributed by atoms with Gasteiger partial charge in [-0.1, -0.05) is 6.07 Å². The summed E-state index contributed by atoms with van der Waals surface area (Å²) in [6, 6.07) is 9.09. The Labute approximate surface area is 134 Å². The Morgan fingerprint density at radius 2 is 2.22 bits per heavy atom. The molecule has 0 atom stereocenters. The van der Waals surface area contributed by atoms with Crippen molar-refractivity contribution in [1.29, 1.82) is 0 Å². The molecule has 0 saturated carbocycles. The number of amides is 2. The van der Waals surface area contributed by atoms with E-state index in [2.05, 4.69) is 15.6 Å². The zero-order valence-electron chi connectivity index (χ0n) is 13.0. The van der Waals surface area contributed by atoms with Gasteiger partial charge in [0.25, 0.3) is 0 Å². The first-order chi connectivity index (χ1) is 11.1. The summed E-state index contributed by atoms with van der Waals surface area (Å²) < 4.78 is 7.44. The molecule has 0 bridgehead atoms. The molecule has 3 rings (SSSR count). The molecule has 0 saturated heterocycles. The number of carbonyl (C=O) groups is 1. The van der Waals surface area contributed by atoms with Crippen LogP contribution in [0, 0.1) is 6.92 Å². The van der Waals surface area contributed by atoms with E-state index in [1.807, 2.05) is 61.3 Å². The van der Waals surface area contributed by atoms with Crippen LogP contribution < -0.4 is 10.6 Å². The smallest absolute Gasteiger partial charge is 0.319 e. The summed E-state index contributed by atoms with van der Waals surface area (Å²) in [4.78, 5) is 16.2. The van der Waals surface area contributed by atoms with Crippen LogP contribution in [0.5, 0.6) is 0 Å². The summed E-state index contributed by atoms with van der Waals surface area (Å²) >= 11 is 0. The Kier molecular flexibility index (Phi) is 4.14. The number of benzene rings is 1. The van der Waals surface area contributed by atoms with Gasteiger partial charge in [0.1, 0.15) is 5.76 Å². The van der Waals surface area contributed by atoms with Crippen molar-refractivity contribution in [3.63, 3.8) is 0 Å². The quantitative estimate of drug-likeness (QED) is 0.776. The molecule has 2 amide bonds. The Bertz CT molecular complexity index is 819. The number of carbonyl (C=O) groups excluding carboxylic acids is 1. The maximum atomic E-state index is 12.0. The number of urea groups is 1. The summed E-state index contributed by atoms with van der Waals surface area (Å²) in [7, 11) is 1.94. The molecule has 0 radical (unpaired) electrons. The molecule has 0 unspecified atom stereocenters. The first kappa shape index (κ1) is 14.9. The van der Waals surface area contributed by atoms with Crippen LogP contribution >= 0.6 is 0 Å². The fraction of sp³-hybridized carbons (Fsp3) is 0.176. The second-order valence-electron chi connectivity index (χ2n) is 5.35. The minimum absolute atomic E-state index is 0.255. The number of hydrogen-bond acceptors (Lipinski definition) is 3. The molecule has 2 aromatic heterocycles. The van der Waals surface area contributed by atoms with Crippen molar-refractivity contribution in [3.8, 4) is 11.5 Å². The molecule has 0 fully saturated rings. The van der Waals surface area contributed by atoms with Crippen molar-refractivity contribution in [3.05, 3.63) is 60.2 Å². The monoisotopic (exact) mass is 310 g/mol. The Hall–Kier alpha value is -3.02. The zero-order chi connectivity index (χ0) is 16.2. The fourth-order valence-corrected chi connectivity index (χ4v) is 2.24. The van der Waals surface area contributed by atoms with Gasteiger partial charge in [0, 0.05) is 37.2 Å². The summed E-state index contributed by atoms with van der Waals surface area (Å²) in [6.07, 6.45) is 5.57. The van der Waals surface area contributed by atoms with Crippen LogP contribution in [-0.2, 0) is 13.6 Å². The largest absolute Gasteiger partial charge is 0.441 e. The van der Waals surface area contributed by atoms with Crippen LogP contribution in [0.4, 0.5) is 10.5 Å². The summed E-state index contributed by atoms with van der Waals surface area (Å²) in [6.45, 7) is 2.32. The van der Waals surface area contributed by atoms with E-state index in [4.69, 9.17) is 4.42 Å². The second kappa shape index (κ2) is 6.39. The predicted octanol–water partition coefficient (Wildman–Crippen LogP) is 3.31. The minimum atomic E-state index is -0.255. The van der Waals surface area contributed by atoms with Crippen LogP contribution in [-0.4, -0.2) is 15.6 Å². The molecule has 118 valence electrons. The molecule has 6 nitrogen and oxygen atoms in total. The molecular weight excluding hydrogens is 292 g/mol. The van der Waals surface area contributed by atoms with Gasteiger partial charge in [0.2, 0.25) is 5.89 Å². The lowest BCUT2D eigenvalue weighted by Gasteiger charge is -2.07. The van der Waals surface area contributed by atoms with Crippen LogP contribution in [0.2, 0.25) is 0 Å². The van der Waals surface area contributed by atoms with Gasteiger partial charge in [0.15, 0.2) is 0 Å². The molecule has 2 N–H and O–H groups in total. The number of oxazole rings is 1. The van der Waals surface area contributed by atoms with E-state index < -0.39 is 0 Å². The van der Waals surface area contributed by atoms with Crippen molar-refractivity contribution in [2.75, 3.05) is 5.32 Å². The number of nitrogens with zero attached hydrogens (tertiary/aromatic N) is 2. The second-order valence-corrected chi connectivity index (χ2v) is 5.35. The third kappa shape index (κ3) is 3.79. The summed E-state index contributed by atoms with van der Waals surface area (Å²) in [5, 5.41) is 5.63. The van der Waals surface area contributed by atoms with E-state index in [-0.39, 0.29) is 6.03 Å².